The lowest BCUT2D eigenvalue weighted by Gasteiger charge is -2.24. The van der Waals surface area contributed by atoms with E-state index >= 15 is 0 Å². The maximum Gasteiger partial charge on any atom is 0.240 e. The Morgan fingerprint density at radius 1 is 1.62 bits per heavy atom. The summed E-state index contributed by atoms with van der Waals surface area (Å²) < 4.78 is 0. The fraction of sp³-hybridized carbons (Fsp3) is 0.444. The highest BCUT2D eigenvalue weighted by Gasteiger charge is 2.31. The third-order valence-corrected chi connectivity index (χ3v) is 2.80. The minimum atomic E-state index is -0.369. The van der Waals surface area contributed by atoms with E-state index in [9.17, 15) is 4.79 Å². The third-order valence-electron chi connectivity index (χ3n) is 2.62. The summed E-state index contributed by atoms with van der Waals surface area (Å²) in [5.41, 5.74) is 11.5. The molecular formula is C9H12ClN5O. The minimum absolute atomic E-state index is 0.110. The van der Waals surface area contributed by atoms with Crippen molar-refractivity contribution in [2.75, 3.05) is 17.2 Å². The first-order valence-corrected chi connectivity index (χ1v) is 5.31. The summed E-state index contributed by atoms with van der Waals surface area (Å²) in [4.78, 5) is 20.8. The average Bonchev–Trinajstić information content (AvgIpc) is 2.70. The normalized spacial score (nSPS) is 20.1. The standard InChI is InChI=1S/C9H12ClN5O/c10-9-13-4-5(11)8(14-9)15-3-1-2-6(15)7(12)16/h4,6H,1-3,11H2,(H2,12,16). The Bertz CT molecular complexity index is 424. The van der Waals surface area contributed by atoms with Crippen LogP contribution in [0.2, 0.25) is 5.28 Å². The van der Waals surface area contributed by atoms with Gasteiger partial charge >= 0.3 is 0 Å². The van der Waals surface area contributed by atoms with Gasteiger partial charge in [-0.2, -0.15) is 4.98 Å². The van der Waals surface area contributed by atoms with E-state index in [4.69, 9.17) is 23.1 Å². The number of nitrogens with zero attached hydrogens (tertiary/aromatic N) is 3. The zero-order valence-corrected chi connectivity index (χ0v) is 9.31. The number of primary amides is 1. The Morgan fingerprint density at radius 2 is 2.38 bits per heavy atom. The molecule has 1 aliphatic heterocycles. The summed E-state index contributed by atoms with van der Waals surface area (Å²) >= 11 is 5.70. The molecule has 2 heterocycles. The van der Waals surface area contributed by atoms with Gasteiger partial charge in [0.1, 0.15) is 6.04 Å². The smallest absolute Gasteiger partial charge is 0.240 e. The second-order valence-electron chi connectivity index (χ2n) is 3.67. The molecule has 86 valence electrons. The highest BCUT2D eigenvalue weighted by Crippen LogP contribution is 2.28. The van der Waals surface area contributed by atoms with Gasteiger partial charge in [-0.15, -0.1) is 0 Å². The van der Waals surface area contributed by atoms with Crippen LogP contribution >= 0.6 is 11.6 Å². The van der Waals surface area contributed by atoms with Gasteiger partial charge in [0.25, 0.3) is 0 Å². The van der Waals surface area contributed by atoms with Crippen molar-refractivity contribution in [1.82, 2.24) is 9.97 Å². The quantitative estimate of drug-likeness (QED) is 0.719. The molecule has 0 saturated carbocycles. The number of carbonyl (C=O) groups is 1. The van der Waals surface area contributed by atoms with E-state index in [0.29, 0.717) is 18.1 Å². The summed E-state index contributed by atoms with van der Waals surface area (Å²) in [5.74, 6) is 0.118. The average molecular weight is 242 g/mol. The number of nitrogen functional groups attached to an aromatic ring is 1. The molecular weight excluding hydrogens is 230 g/mol. The number of anilines is 2. The maximum atomic E-state index is 11.2. The molecule has 0 spiro atoms. The molecule has 1 saturated heterocycles. The second-order valence-corrected chi connectivity index (χ2v) is 4.01. The van der Waals surface area contributed by atoms with Crippen molar-refractivity contribution in [2.24, 2.45) is 5.73 Å². The topological polar surface area (TPSA) is 98.1 Å². The molecule has 1 aromatic rings. The molecule has 6 nitrogen and oxygen atoms in total. The van der Waals surface area contributed by atoms with Crippen LogP contribution < -0.4 is 16.4 Å². The van der Waals surface area contributed by atoms with E-state index in [1.165, 1.54) is 6.20 Å². The molecule has 2 rings (SSSR count). The monoisotopic (exact) mass is 241 g/mol. The van der Waals surface area contributed by atoms with Gasteiger partial charge in [0.15, 0.2) is 5.82 Å². The number of aromatic nitrogens is 2. The lowest BCUT2D eigenvalue weighted by molar-refractivity contribution is -0.119. The first kappa shape index (κ1) is 10.9. The Kier molecular flexibility index (Phi) is 2.82. The summed E-state index contributed by atoms with van der Waals surface area (Å²) in [6.07, 6.45) is 3.03. The van der Waals surface area contributed by atoms with Gasteiger partial charge in [0.05, 0.1) is 11.9 Å². The van der Waals surface area contributed by atoms with Crippen molar-refractivity contribution in [1.29, 1.82) is 0 Å². The maximum absolute atomic E-state index is 11.2. The number of nitrogens with two attached hydrogens (primary N) is 2. The summed E-state index contributed by atoms with van der Waals surface area (Å²) in [7, 11) is 0. The number of hydrogen-bond acceptors (Lipinski definition) is 5. The van der Waals surface area contributed by atoms with Gasteiger partial charge < -0.3 is 16.4 Å². The fourth-order valence-electron chi connectivity index (χ4n) is 1.91. The summed E-state index contributed by atoms with van der Waals surface area (Å²) in [6, 6.07) is -0.353. The molecule has 0 bridgehead atoms. The molecule has 16 heavy (non-hydrogen) atoms. The first-order valence-electron chi connectivity index (χ1n) is 4.93. The van der Waals surface area contributed by atoms with Gasteiger partial charge in [-0.1, -0.05) is 0 Å². The molecule has 1 atom stereocenters. The summed E-state index contributed by atoms with van der Waals surface area (Å²) in [5, 5.41) is 0.110. The Morgan fingerprint density at radius 3 is 3.06 bits per heavy atom. The second kappa shape index (κ2) is 4.13. The van der Waals surface area contributed by atoms with Gasteiger partial charge in [0.2, 0.25) is 11.2 Å². The molecule has 4 N–H and O–H groups in total. The zero-order valence-electron chi connectivity index (χ0n) is 8.56. The van der Waals surface area contributed by atoms with Crippen molar-refractivity contribution in [3.63, 3.8) is 0 Å². The third kappa shape index (κ3) is 1.88. The molecule has 1 aliphatic rings. The van der Waals surface area contributed by atoms with Crippen LogP contribution in [-0.2, 0) is 4.79 Å². The Labute approximate surface area is 97.6 Å². The molecule has 0 radical (unpaired) electrons. The van der Waals surface area contributed by atoms with Crippen LogP contribution in [-0.4, -0.2) is 28.5 Å². The lowest BCUT2D eigenvalue weighted by Crippen LogP contribution is -2.41. The Balaban J connectivity index is 2.35. The molecule has 1 unspecified atom stereocenters. The van der Waals surface area contributed by atoms with Gasteiger partial charge in [-0.3, -0.25) is 4.79 Å². The highest BCUT2D eigenvalue weighted by molar-refractivity contribution is 6.28. The van der Waals surface area contributed by atoms with E-state index < -0.39 is 0 Å². The van der Waals surface area contributed by atoms with Crippen LogP contribution in [0.1, 0.15) is 12.8 Å². The van der Waals surface area contributed by atoms with Gasteiger partial charge in [-0.25, -0.2) is 4.98 Å². The van der Waals surface area contributed by atoms with E-state index in [-0.39, 0.29) is 17.2 Å². The zero-order chi connectivity index (χ0) is 11.7. The minimum Gasteiger partial charge on any atom is -0.394 e. The van der Waals surface area contributed by atoms with Crippen LogP contribution in [0.4, 0.5) is 11.5 Å². The SMILES string of the molecule is NC(=O)C1CCCN1c1nc(Cl)ncc1N. The van der Waals surface area contributed by atoms with E-state index in [1.54, 1.807) is 4.90 Å². The molecule has 1 fully saturated rings. The highest BCUT2D eigenvalue weighted by atomic mass is 35.5. The fourth-order valence-corrected chi connectivity index (χ4v) is 2.04. The Hall–Kier alpha value is -1.56. The number of carbonyl (C=O) groups excluding carboxylic acids is 1. The number of amides is 1. The van der Waals surface area contributed by atoms with Gasteiger partial charge in [-0.05, 0) is 24.4 Å². The lowest BCUT2D eigenvalue weighted by atomic mass is 10.2. The number of halogens is 1. The largest absolute Gasteiger partial charge is 0.394 e. The van der Waals surface area contributed by atoms with Crippen LogP contribution in [0.3, 0.4) is 0 Å². The van der Waals surface area contributed by atoms with Crippen LogP contribution in [0.25, 0.3) is 0 Å². The molecule has 1 aromatic heterocycles. The predicted octanol–water partition coefficient (Wildman–Crippen LogP) is 0.166. The number of rotatable bonds is 2. The van der Waals surface area contributed by atoms with Crippen LogP contribution in [0.15, 0.2) is 6.20 Å². The van der Waals surface area contributed by atoms with Crippen molar-refractivity contribution >= 4 is 29.0 Å². The molecule has 1 amide bonds. The van der Waals surface area contributed by atoms with Crippen LogP contribution in [0, 0.1) is 0 Å². The summed E-state index contributed by atoms with van der Waals surface area (Å²) in [6.45, 7) is 0.700. The molecule has 0 aromatic carbocycles. The van der Waals surface area contributed by atoms with E-state index in [2.05, 4.69) is 9.97 Å². The van der Waals surface area contributed by atoms with Crippen molar-refractivity contribution < 1.29 is 4.79 Å². The molecule has 7 heteroatoms. The van der Waals surface area contributed by atoms with Crippen molar-refractivity contribution in [3.8, 4) is 0 Å². The predicted molar refractivity (Wildman–Crippen MR) is 61.0 cm³/mol. The van der Waals surface area contributed by atoms with E-state index in [0.717, 1.165) is 12.8 Å². The van der Waals surface area contributed by atoms with Crippen molar-refractivity contribution in [2.45, 2.75) is 18.9 Å². The molecule has 0 aliphatic carbocycles. The van der Waals surface area contributed by atoms with Gasteiger partial charge in [0, 0.05) is 6.54 Å². The van der Waals surface area contributed by atoms with Crippen LogP contribution in [0.5, 0.6) is 0 Å². The van der Waals surface area contributed by atoms with Crippen molar-refractivity contribution in [3.05, 3.63) is 11.5 Å². The number of hydrogen-bond donors (Lipinski definition) is 2. The first-order chi connectivity index (χ1) is 7.59. The van der Waals surface area contributed by atoms with E-state index in [1.807, 2.05) is 0 Å².